The van der Waals surface area contributed by atoms with E-state index in [2.05, 4.69) is 0 Å². The van der Waals surface area contributed by atoms with Gasteiger partial charge in [-0.3, -0.25) is 0 Å². The van der Waals surface area contributed by atoms with Crippen LogP contribution < -0.4 is 10.5 Å². The van der Waals surface area contributed by atoms with Gasteiger partial charge >= 0.3 is 0 Å². The number of phenolic OH excluding ortho intramolecular Hbond substituents is 1. The lowest BCUT2D eigenvalue weighted by Crippen LogP contribution is -2.25. The number of aromatic hydroxyl groups is 1. The Hall–Kier alpha value is -1.33. The summed E-state index contributed by atoms with van der Waals surface area (Å²) < 4.78 is 18.1. The largest absolute Gasteiger partial charge is 0.504 e. The van der Waals surface area contributed by atoms with Crippen LogP contribution in [-0.4, -0.2) is 23.4 Å². The van der Waals surface area contributed by atoms with E-state index in [1.165, 1.54) is 7.11 Å². The van der Waals surface area contributed by atoms with Crippen molar-refractivity contribution in [3.63, 3.8) is 0 Å². The number of phenols is 1. The normalized spacial score (nSPS) is 14.7. The van der Waals surface area contributed by atoms with Crippen LogP contribution in [0.4, 0.5) is 4.39 Å². The lowest BCUT2D eigenvalue weighted by molar-refractivity contribution is 0.148. The lowest BCUT2D eigenvalue weighted by Gasteiger charge is -2.16. The highest BCUT2D eigenvalue weighted by Crippen LogP contribution is 2.32. The number of benzene rings is 1. The van der Waals surface area contributed by atoms with Gasteiger partial charge in [-0.2, -0.15) is 0 Å². The van der Waals surface area contributed by atoms with E-state index in [-0.39, 0.29) is 17.1 Å². The summed E-state index contributed by atoms with van der Waals surface area (Å²) in [6, 6.07) is 1.51. The van der Waals surface area contributed by atoms with Gasteiger partial charge < -0.3 is 20.7 Å². The van der Waals surface area contributed by atoms with Crippen molar-refractivity contribution in [1.29, 1.82) is 0 Å². The van der Waals surface area contributed by atoms with Crippen LogP contribution in [0.5, 0.6) is 11.5 Å². The van der Waals surface area contributed by atoms with Crippen LogP contribution in [0.3, 0.4) is 0 Å². The first-order chi connectivity index (χ1) is 6.97. The molecule has 2 atom stereocenters. The first-order valence-electron chi connectivity index (χ1n) is 4.47. The first kappa shape index (κ1) is 11.7. The van der Waals surface area contributed by atoms with E-state index in [0.717, 1.165) is 12.1 Å². The molecule has 0 radical (unpaired) electrons. The summed E-state index contributed by atoms with van der Waals surface area (Å²) in [5.74, 6) is -0.865. The number of aliphatic hydroxyl groups is 1. The molecule has 2 unspecified atom stereocenters. The fraction of sp³-hybridized carbons (Fsp3) is 0.400. The smallest absolute Gasteiger partial charge is 0.163 e. The average molecular weight is 215 g/mol. The molecule has 1 aromatic carbocycles. The summed E-state index contributed by atoms with van der Waals surface area (Å²) in [5.41, 5.74) is 5.39. The van der Waals surface area contributed by atoms with E-state index in [4.69, 9.17) is 10.5 Å². The van der Waals surface area contributed by atoms with Crippen molar-refractivity contribution in [3.8, 4) is 11.5 Å². The van der Waals surface area contributed by atoms with Crippen molar-refractivity contribution < 1.29 is 19.3 Å². The predicted molar refractivity (Wildman–Crippen MR) is 53.2 cm³/mol. The first-order valence-corrected chi connectivity index (χ1v) is 4.47. The highest BCUT2D eigenvalue weighted by atomic mass is 19.1. The molecule has 0 saturated heterocycles. The summed E-state index contributed by atoms with van der Waals surface area (Å²) in [6.07, 6.45) is -1.15. The van der Waals surface area contributed by atoms with Gasteiger partial charge in [0.1, 0.15) is 5.82 Å². The van der Waals surface area contributed by atoms with Gasteiger partial charge in [0.05, 0.1) is 13.2 Å². The van der Waals surface area contributed by atoms with E-state index in [9.17, 15) is 14.6 Å². The third-order valence-corrected chi connectivity index (χ3v) is 2.11. The number of halogens is 1. The Kier molecular flexibility index (Phi) is 3.49. The fourth-order valence-corrected chi connectivity index (χ4v) is 1.23. The molecule has 0 spiro atoms. The number of aliphatic hydroxyl groups excluding tert-OH is 1. The predicted octanol–water partition coefficient (Wildman–Crippen LogP) is 0.920. The monoisotopic (exact) mass is 215 g/mol. The van der Waals surface area contributed by atoms with E-state index >= 15 is 0 Å². The van der Waals surface area contributed by atoms with Crippen molar-refractivity contribution >= 4 is 0 Å². The van der Waals surface area contributed by atoms with Gasteiger partial charge in [-0.25, -0.2) is 4.39 Å². The Balaban J connectivity index is 3.15. The highest BCUT2D eigenvalue weighted by Gasteiger charge is 2.19. The molecule has 84 valence electrons. The summed E-state index contributed by atoms with van der Waals surface area (Å²) in [6.45, 7) is 1.55. The molecule has 0 aromatic heterocycles. The Morgan fingerprint density at radius 3 is 2.53 bits per heavy atom. The van der Waals surface area contributed by atoms with E-state index in [1.807, 2.05) is 0 Å². The van der Waals surface area contributed by atoms with Crippen LogP contribution in [0, 0.1) is 5.82 Å². The van der Waals surface area contributed by atoms with Crippen molar-refractivity contribution in [2.24, 2.45) is 5.73 Å². The molecule has 1 aromatic rings. The molecule has 0 aliphatic carbocycles. The minimum Gasteiger partial charge on any atom is -0.504 e. The van der Waals surface area contributed by atoms with Crippen LogP contribution in [-0.2, 0) is 0 Å². The van der Waals surface area contributed by atoms with E-state index in [1.54, 1.807) is 6.92 Å². The van der Waals surface area contributed by atoms with Gasteiger partial charge in [-0.1, -0.05) is 0 Å². The molecular formula is C10H14FNO3. The lowest BCUT2D eigenvalue weighted by atomic mass is 10.0. The van der Waals surface area contributed by atoms with Gasteiger partial charge in [-0.15, -0.1) is 0 Å². The minimum atomic E-state index is -1.15. The van der Waals surface area contributed by atoms with Crippen molar-refractivity contribution in [1.82, 2.24) is 0 Å². The number of nitrogens with two attached hydrogens (primary N) is 1. The number of rotatable bonds is 3. The Morgan fingerprint density at radius 2 is 2.07 bits per heavy atom. The quantitative estimate of drug-likeness (QED) is 0.700. The fourth-order valence-electron chi connectivity index (χ4n) is 1.23. The second-order valence-electron chi connectivity index (χ2n) is 3.35. The maximum Gasteiger partial charge on any atom is 0.163 e. The van der Waals surface area contributed by atoms with Gasteiger partial charge in [0.2, 0.25) is 0 Å². The highest BCUT2D eigenvalue weighted by molar-refractivity contribution is 5.43. The van der Waals surface area contributed by atoms with Crippen molar-refractivity contribution in [2.75, 3.05) is 7.11 Å². The number of hydrogen-bond acceptors (Lipinski definition) is 4. The standard InChI is InChI=1S/C10H14FNO3/c1-5(12)10(14)6-3-8(13)9(15-2)4-7(6)11/h3-5,10,13-14H,12H2,1-2H3. The molecule has 0 fully saturated rings. The maximum absolute atomic E-state index is 13.4. The molecule has 15 heavy (non-hydrogen) atoms. The molecule has 4 nitrogen and oxygen atoms in total. The van der Waals surface area contributed by atoms with Crippen molar-refractivity contribution in [2.45, 2.75) is 19.1 Å². The zero-order chi connectivity index (χ0) is 11.6. The zero-order valence-electron chi connectivity index (χ0n) is 8.57. The van der Waals surface area contributed by atoms with Crippen LogP contribution in [0.1, 0.15) is 18.6 Å². The molecule has 0 aliphatic rings. The second kappa shape index (κ2) is 4.46. The zero-order valence-corrected chi connectivity index (χ0v) is 8.57. The van der Waals surface area contributed by atoms with Gasteiger partial charge in [0.15, 0.2) is 11.5 Å². The Morgan fingerprint density at radius 1 is 1.47 bits per heavy atom. The number of ether oxygens (including phenoxy) is 1. The molecule has 5 heteroatoms. The maximum atomic E-state index is 13.4. The van der Waals surface area contributed by atoms with Gasteiger partial charge in [0.25, 0.3) is 0 Å². The van der Waals surface area contributed by atoms with Crippen LogP contribution in [0.25, 0.3) is 0 Å². The molecule has 1 rings (SSSR count). The molecule has 0 saturated carbocycles. The number of methoxy groups -OCH3 is 1. The SMILES string of the molecule is COc1cc(F)c(C(O)C(C)N)cc1O. The molecule has 0 aliphatic heterocycles. The summed E-state index contributed by atoms with van der Waals surface area (Å²) in [4.78, 5) is 0. The summed E-state index contributed by atoms with van der Waals surface area (Å²) >= 11 is 0. The van der Waals surface area contributed by atoms with Crippen LogP contribution >= 0.6 is 0 Å². The molecule has 4 N–H and O–H groups in total. The summed E-state index contributed by atoms with van der Waals surface area (Å²) in [7, 11) is 1.32. The topological polar surface area (TPSA) is 75.7 Å². The van der Waals surface area contributed by atoms with Gasteiger partial charge in [0, 0.05) is 17.7 Å². The van der Waals surface area contributed by atoms with Crippen LogP contribution in [0.15, 0.2) is 12.1 Å². The molecular weight excluding hydrogens is 201 g/mol. The van der Waals surface area contributed by atoms with E-state index < -0.39 is 18.0 Å². The Labute approximate surface area is 87.1 Å². The summed E-state index contributed by atoms with van der Waals surface area (Å²) in [5, 5.41) is 19.0. The Bertz CT molecular complexity index is 355. The third kappa shape index (κ3) is 2.37. The molecule has 0 bridgehead atoms. The van der Waals surface area contributed by atoms with Crippen molar-refractivity contribution in [3.05, 3.63) is 23.5 Å². The van der Waals surface area contributed by atoms with Crippen LogP contribution in [0.2, 0.25) is 0 Å². The molecule has 0 amide bonds. The minimum absolute atomic E-state index is 0.0214. The molecule has 0 heterocycles. The average Bonchev–Trinajstić information content (AvgIpc) is 2.19. The number of hydrogen-bond donors (Lipinski definition) is 3. The second-order valence-corrected chi connectivity index (χ2v) is 3.35. The van der Waals surface area contributed by atoms with E-state index in [0.29, 0.717) is 0 Å². The van der Waals surface area contributed by atoms with Gasteiger partial charge in [-0.05, 0) is 13.0 Å². The third-order valence-electron chi connectivity index (χ3n) is 2.11.